The fraction of sp³-hybridized carbons (Fsp3) is 0.862. The van der Waals surface area contributed by atoms with Crippen LogP contribution in [0.25, 0.3) is 0 Å². The van der Waals surface area contributed by atoms with E-state index in [1.165, 1.54) is 30.7 Å². The average molecular weight is 1670 g/mol. The Morgan fingerprint density at radius 1 is 0.439 bits per heavy atom. The first kappa shape index (κ1) is 114. The topological polar surface area (TPSA) is 374 Å². The van der Waals surface area contributed by atoms with Gasteiger partial charge in [-0.3, -0.25) is 33.0 Å². The minimum Gasteiger partial charge on any atom is -0.465 e. The largest absolute Gasteiger partial charge is 0.465 e. The van der Waals surface area contributed by atoms with E-state index in [1.54, 1.807) is 41.5 Å². The van der Waals surface area contributed by atoms with Crippen molar-refractivity contribution in [2.45, 2.75) is 323 Å². The van der Waals surface area contributed by atoms with Gasteiger partial charge < -0.3 is 78.0 Å². The SMILES string of the molecule is C=C(C)C(=O)OCC1CO1.C=CC(=O)OCC(CC)CCCC.CCCCC(CC)COC(=O)C(C)(CC)CC(C)(C)C(=O)OCC(O)CS(=O)CC(O)CO.CCCCC(CC)COC(=O)C(C)(CC)CC(C)(C)C(=O)OCC(O)CSCC(O)CO.CCCCC(CC)COC(=O)C(C)(CC)CC(C)(C)C(=O)OCC1CO1. The number of carbonyl (C=O) groups is 8. The van der Waals surface area contributed by atoms with Crippen LogP contribution >= 0.6 is 11.8 Å². The first-order valence-electron chi connectivity index (χ1n) is 42.2. The van der Waals surface area contributed by atoms with Gasteiger partial charge >= 0.3 is 47.8 Å². The van der Waals surface area contributed by atoms with E-state index >= 15 is 0 Å². The Morgan fingerprint density at radius 2 is 0.728 bits per heavy atom. The van der Waals surface area contributed by atoms with Crippen molar-refractivity contribution >= 4 is 70.3 Å². The summed E-state index contributed by atoms with van der Waals surface area (Å²) in [7, 11) is -1.56. The van der Waals surface area contributed by atoms with E-state index in [9.17, 15) is 63.0 Å². The Morgan fingerprint density at radius 3 is 1.02 bits per heavy atom. The van der Waals surface area contributed by atoms with Crippen LogP contribution in [0.15, 0.2) is 24.8 Å². The molecule has 0 saturated carbocycles. The quantitative estimate of drug-likeness (QED) is 0.0143. The Hall–Kier alpha value is -4.58. The van der Waals surface area contributed by atoms with Crippen LogP contribution in [0.4, 0.5) is 0 Å². The lowest BCUT2D eigenvalue weighted by Crippen LogP contribution is -2.40. The van der Waals surface area contributed by atoms with Crippen molar-refractivity contribution in [3.8, 4) is 0 Å². The van der Waals surface area contributed by atoms with E-state index in [2.05, 4.69) is 68.5 Å². The Balaban J connectivity index is -0.00000142. The highest BCUT2D eigenvalue weighted by Gasteiger charge is 2.46. The molecule has 0 bridgehead atoms. The summed E-state index contributed by atoms with van der Waals surface area (Å²) < 4.78 is 64.4. The van der Waals surface area contributed by atoms with Gasteiger partial charge in [0.15, 0.2) is 0 Å². The molecule has 670 valence electrons. The van der Waals surface area contributed by atoms with E-state index in [-0.39, 0.29) is 97.9 Å². The summed E-state index contributed by atoms with van der Waals surface area (Å²) in [4.78, 5) is 97.8. The van der Waals surface area contributed by atoms with E-state index in [1.807, 2.05) is 48.5 Å². The molecular weight excluding hydrogens is 1510 g/mol. The second-order valence-corrected chi connectivity index (χ2v) is 36.2. The molecule has 6 N–H and O–H groups in total. The number of thioether (sulfide) groups is 1. The summed E-state index contributed by atoms with van der Waals surface area (Å²) in [5.41, 5.74) is -4.59. The van der Waals surface area contributed by atoms with E-state index in [0.717, 1.165) is 89.9 Å². The van der Waals surface area contributed by atoms with Crippen molar-refractivity contribution in [2.75, 3.05) is 102 Å². The number of epoxide rings is 2. The molecule has 0 aromatic heterocycles. The van der Waals surface area contributed by atoms with Crippen molar-refractivity contribution in [1.29, 1.82) is 0 Å². The summed E-state index contributed by atoms with van der Waals surface area (Å²) >= 11 is 1.27. The highest BCUT2D eigenvalue weighted by atomic mass is 32.2. The monoisotopic (exact) mass is 1670 g/mol. The lowest BCUT2D eigenvalue weighted by Gasteiger charge is -2.34. The number of aliphatic hydroxyl groups is 6. The molecule has 14 atom stereocenters. The molecule has 0 aromatic carbocycles. The molecule has 0 radical (unpaired) electrons. The molecule has 2 aliphatic heterocycles. The lowest BCUT2D eigenvalue weighted by molar-refractivity contribution is -0.166. The maximum absolute atomic E-state index is 12.9. The third kappa shape index (κ3) is 52.4. The second kappa shape index (κ2) is 62.6. The fourth-order valence-electron chi connectivity index (χ4n) is 11.9. The second-order valence-electron chi connectivity index (χ2n) is 33.6. The predicted octanol–water partition coefficient (Wildman–Crippen LogP) is 14.1. The van der Waals surface area contributed by atoms with Crippen LogP contribution in [0.2, 0.25) is 0 Å². The van der Waals surface area contributed by atoms with E-state index in [0.29, 0.717) is 114 Å². The Kier molecular flexibility index (Phi) is 62.3. The number of esters is 8. The highest BCUT2D eigenvalue weighted by Crippen LogP contribution is 2.42. The summed E-state index contributed by atoms with van der Waals surface area (Å²) in [5, 5.41) is 56.2. The molecule has 2 saturated heterocycles. The van der Waals surface area contributed by atoms with Crippen molar-refractivity contribution < 1.29 is 121 Å². The highest BCUT2D eigenvalue weighted by molar-refractivity contribution is 7.99. The predicted molar refractivity (Wildman–Crippen MR) is 449 cm³/mol. The maximum Gasteiger partial charge on any atom is 0.333 e. The van der Waals surface area contributed by atoms with Crippen LogP contribution in [0.1, 0.15) is 287 Å². The van der Waals surface area contributed by atoms with Gasteiger partial charge in [0.2, 0.25) is 0 Å². The molecule has 25 nitrogen and oxygen atoms in total. The van der Waals surface area contributed by atoms with Gasteiger partial charge in [0, 0.05) is 34.0 Å². The minimum atomic E-state index is -1.56. The van der Waals surface area contributed by atoms with Crippen molar-refractivity contribution in [1.82, 2.24) is 0 Å². The van der Waals surface area contributed by atoms with Crippen LogP contribution in [-0.2, 0) is 96.5 Å². The zero-order valence-electron chi connectivity index (χ0n) is 74.4. The zero-order valence-corrected chi connectivity index (χ0v) is 76.0. The van der Waals surface area contributed by atoms with Gasteiger partial charge in [-0.05, 0) is 157 Å². The zero-order chi connectivity index (χ0) is 87.9. The molecule has 2 fully saturated rings. The van der Waals surface area contributed by atoms with Crippen LogP contribution in [0.5, 0.6) is 0 Å². The van der Waals surface area contributed by atoms with Crippen molar-refractivity contribution in [3.63, 3.8) is 0 Å². The number of rotatable bonds is 59. The number of hydrogen-bond acceptors (Lipinski definition) is 26. The first-order chi connectivity index (χ1) is 53.4. The molecular formula is C87H160O25S2. The molecule has 2 aliphatic rings. The third-order valence-corrected chi connectivity index (χ3v) is 23.4. The Bertz CT molecular complexity index is 2700. The fourth-order valence-corrected chi connectivity index (χ4v) is 14.0. The molecule has 0 aromatic rings. The number of ether oxygens (including phenoxy) is 10. The average Bonchev–Trinajstić information content (AvgIpc) is 1.38. The van der Waals surface area contributed by atoms with Crippen LogP contribution < -0.4 is 0 Å². The number of carbonyl (C=O) groups excluding carboxylic acids is 8. The van der Waals surface area contributed by atoms with Gasteiger partial charge in [-0.1, -0.05) is 166 Å². The van der Waals surface area contributed by atoms with E-state index < -0.39 is 86.3 Å². The van der Waals surface area contributed by atoms with Crippen LogP contribution in [-0.4, -0.2) is 222 Å². The molecule has 0 spiro atoms. The summed E-state index contributed by atoms with van der Waals surface area (Å²) in [6.45, 7) is 49.8. The number of unbranched alkanes of at least 4 members (excludes halogenated alkanes) is 4. The van der Waals surface area contributed by atoms with Crippen molar-refractivity contribution in [2.24, 2.45) is 56.2 Å². The van der Waals surface area contributed by atoms with Crippen LogP contribution in [0, 0.1) is 56.2 Å². The van der Waals surface area contributed by atoms with Gasteiger partial charge in [0.05, 0.1) is 121 Å². The maximum atomic E-state index is 12.9. The molecule has 114 heavy (non-hydrogen) atoms. The summed E-state index contributed by atoms with van der Waals surface area (Å²) in [5.74, 6) is -0.934. The standard InChI is InChI=1S/C24H46O8S.C24H46O7S.C21H38O5.C11H20O2.C7H10O3/c1-7-10-11-18(8-2)13-31-22(29)24(6,9-3)17-23(4,5)21(28)32-14-20(27)16-33(30)15-19(26)12-25;1-7-10-11-18(8-2)13-30-22(29)24(6,9-3)17-23(4,5)21(28)31-14-20(27)16-32-15-19(26)12-25;1-7-10-11-16(8-2)12-25-19(23)21(6,9-3)15-20(4,5)18(22)26-14-17-13-24-17;1-4-7-8-10(5-2)9-13-11(12)6-3;1-5(2)7(8)10-4-6-3-9-6/h18-20,25-27H,7-17H2,1-6H3;18-20,25-27H,7-17H2,1-6H3;16-17H,7-15H2,1-6H3;6,10H,3-5,7-9H2,1-2H3;6H,1,3-4H2,2H3. The van der Waals surface area contributed by atoms with Gasteiger partial charge in [-0.2, -0.15) is 11.8 Å². The summed E-state index contributed by atoms with van der Waals surface area (Å²) in [6, 6.07) is 0. The third-order valence-electron chi connectivity index (χ3n) is 20.7. The molecule has 0 amide bonds. The van der Waals surface area contributed by atoms with Crippen LogP contribution in [0.3, 0.4) is 0 Å². The van der Waals surface area contributed by atoms with Gasteiger partial charge in [-0.15, -0.1) is 0 Å². The number of aliphatic hydroxyl groups excluding tert-OH is 6. The normalized spacial score (nSPS) is 17.6. The molecule has 2 heterocycles. The van der Waals surface area contributed by atoms with E-state index in [4.69, 9.17) is 57.6 Å². The van der Waals surface area contributed by atoms with Gasteiger partial charge in [-0.25, -0.2) is 9.59 Å². The lowest BCUT2D eigenvalue weighted by atomic mass is 9.72. The van der Waals surface area contributed by atoms with Gasteiger partial charge in [0.25, 0.3) is 0 Å². The minimum absolute atomic E-state index is 0.0476. The molecule has 27 heteroatoms. The molecule has 14 unspecified atom stereocenters. The smallest absolute Gasteiger partial charge is 0.333 e. The number of hydrogen-bond donors (Lipinski definition) is 6. The first-order valence-corrected chi connectivity index (χ1v) is 44.8. The summed E-state index contributed by atoms with van der Waals surface area (Å²) in [6.07, 6.45) is 17.5. The van der Waals surface area contributed by atoms with Gasteiger partial charge in [0.1, 0.15) is 38.6 Å². The Labute approximate surface area is 693 Å². The molecule has 2 rings (SSSR count). The molecule has 0 aliphatic carbocycles. The van der Waals surface area contributed by atoms with Crippen molar-refractivity contribution in [3.05, 3.63) is 24.8 Å².